The summed E-state index contributed by atoms with van der Waals surface area (Å²) in [5.41, 5.74) is 4.34. The molecule has 4 rings (SSSR count). The highest BCUT2D eigenvalue weighted by molar-refractivity contribution is 5.95. The molecule has 1 aromatic heterocycles. The van der Waals surface area contributed by atoms with Gasteiger partial charge in [-0.05, 0) is 61.4 Å². The lowest BCUT2D eigenvalue weighted by molar-refractivity contribution is -0.122. The van der Waals surface area contributed by atoms with Crippen LogP contribution in [0.1, 0.15) is 69.8 Å². The van der Waals surface area contributed by atoms with Gasteiger partial charge in [0.1, 0.15) is 12.9 Å². The molecule has 0 spiro atoms. The first-order valence-electron chi connectivity index (χ1n) is 13.1. The van der Waals surface area contributed by atoms with Gasteiger partial charge >= 0.3 is 0 Å². The van der Waals surface area contributed by atoms with Crippen molar-refractivity contribution in [2.24, 2.45) is 5.92 Å². The number of amides is 1. The molecule has 2 aliphatic rings. The van der Waals surface area contributed by atoms with Gasteiger partial charge in [-0.15, -0.1) is 0 Å². The lowest BCUT2D eigenvalue weighted by atomic mass is 9.88. The van der Waals surface area contributed by atoms with Gasteiger partial charge in [-0.1, -0.05) is 44.6 Å². The summed E-state index contributed by atoms with van der Waals surface area (Å²) in [7, 11) is 1.60. The van der Waals surface area contributed by atoms with Crippen LogP contribution in [-0.2, 0) is 16.1 Å². The number of nitrogens with zero attached hydrogens (tertiary/aromatic N) is 4. The third-order valence-corrected chi connectivity index (χ3v) is 7.32. The van der Waals surface area contributed by atoms with E-state index in [9.17, 15) is 4.79 Å². The predicted molar refractivity (Wildman–Crippen MR) is 137 cm³/mol. The third kappa shape index (κ3) is 6.86. The van der Waals surface area contributed by atoms with Crippen molar-refractivity contribution in [3.05, 3.63) is 42.5 Å². The Morgan fingerprint density at radius 2 is 1.65 bits per heavy atom. The van der Waals surface area contributed by atoms with Crippen LogP contribution in [0, 0.1) is 5.92 Å². The molecule has 0 unspecified atom stereocenters. The van der Waals surface area contributed by atoms with Gasteiger partial charge < -0.3 is 9.64 Å². The first-order chi connectivity index (χ1) is 16.7. The second-order valence-electron chi connectivity index (χ2n) is 9.96. The zero-order valence-electron chi connectivity index (χ0n) is 20.8. The van der Waals surface area contributed by atoms with E-state index in [0.29, 0.717) is 0 Å². The van der Waals surface area contributed by atoms with Crippen molar-refractivity contribution in [2.45, 2.75) is 70.8 Å². The fourth-order valence-electron chi connectivity index (χ4n) is 5.53. The molecule has 0 bridgehead atoms. The predicted octanol–water partition coefficient (Wildman–Crippen LogP) is 5.47. The van der Waals surface area contributed by atoms with Crippen LogP contribution in [0.15, 0.2) is 36.9 Å². The van der Waals surface area contributed by atoms with E-state index in [0.717, 1.165) is 61.8 Å². The maximum absolute atomic E-state index is 13.1. The normalized spacial score (nSPS) is 19.1. The summed E-state index contributed by atoms with van der Waals surface area (Å²) < 4.78 is 5.24. The maximum Gasteiger partial charge on any atom is 0.252 e. The average molecular weight is 465 g/mol. The molecule has 34 heavy (non-hydrogen) atoms. The number of rotatable bonds is 5. The number of methoxy groups -OCH3 is 1. The second-order valence-corrected chi connectivity index (χ2v) is 9.96. The van der Waals surface area contributed by atoms with Gasteiger partial charge in [0.15, 0.2) is 0 Å². The Labute approximate surface area is 204 Å². The highest BCUT2D eigenvalue weighted by Crippen LogP contribution is 2.31. The van der Waals surface area contributed by atoms with E-state index in [-0.39, 0.29) is 12.5 Å². The average Bonchev–Trinajstić information content (AvgIpc) is 2.86. The zero-order chi connectivity index (χ0) is 23.6. The van der Waals surface area contributed by atoms with Gasteiger partial charge in [0.2, 0.25) is 0 Å². The summed E-state index contributed by atoms with van der Waals surface area (Å²) in [5.74, 6) is 0.831. The van der Waals surface area contributed by atoms with Crippen molar-refractivity contribution in [3.63, 3.8) is 0 Å². The molecule has 1 fully saturated rings. The van der Waals surface area contributed by atoms with E-state index in [1.165, 1.54) is 56.9 Å². The first kappa shape index (κ1) is 24.8. The topological polar surface area (TPSA) is 58.6 Å². The van der Waals surface area contributed by atoms with Crippen LogP contribution in [0.25, 0.3) is 11.1 Å². The SMILES string of the molecule is COCC(=O)N1CCCCCCCN(CC2CCCCC2)Cc2cc(-c3cncnc3)ccc21. The minimum atomic E-state index is 0.0374. The number of carbonyl (C=O) groups excluding carboxylic acids is 1. The van der Waals surface area contributed by atoms with Crippen molar-refractivity contribution in [1.29, 1.82) is 0 Å². The fraction of sp³-hybridized carbons (Fsp3) is 0.607. The number of anilines is 1. The van der Waals surface area contributed by atoms with Gasteiger partial charge in [-0.25, -0.2) is 9.97 Å². The summed E-state index contributed by atoms with van der Waals surface area (Å²) >= 11 is 0. The van der Waals surface area contributed by atoms with E-state index in [4.69, 9.17) is 4.74 Å². The smallest absolute Gasteiger partial charge is 0.252 e. The van der Waals surface area contributed by atoms with Crippen molar-refractivity contribution < 1.29 is 9.53 Å². The Hall–Kier alpha value is -2.31. The highest BCUT2D eigenvalue weighted by Gasteiger charge is 2.23. The summed E-state index contributed by atoms with van der Waals surface area (Å²) in [6, 6.07) is 6.47. The first-order valence-corrected chi connectivity index (χ1v) is 13.1. The van der Waals surface area contributed by atoms with Crippen molar-refractivity contribution in [1.82, 2.24) is 14.9 Å². The number of carbonyl (C=O) groups is 1. The third-order valence-electron chi connectivity index (χ3n) is 7.32. The minimum Gasteiger partial charge on any atom is -0.375 e. The van der Waals surface area contributed by atoms with E-state index in [1.807, 2.05) is 17.3 Å². The monoisotopic (exact) mass is 464 g/mol. The molecule has 2 heterocycles. The molecule has 1 aliphatic carbocycles. The number of aromatic nitrogens is 2. The molecule has 1 aromatic carbocycles. The van der Waals surface area contributed by atoms with Crippen LogP contribution in [0.2, 0.25) is 0 Å². The summed E-state index contributed by atoms with van der Waals surface area (Å²) in [6.07, 6.45) is 18.0. The van der Waals surface area contributed by atoms with Crippen LogP contribution in [0.4, 0.5) is 5.69 Å². The number of ether oxygens (including phenoxy) is 1. The molecule has 0 atom stereocenters. The molecule has 6 nitrogen and oxygen atoms in total. The fourth-order valence-corrected chi connectivity index (χ4v) is 5.53. The molecule has 0 saturated heterocycles. The van der Waals surface area contributed by atoms with Crippen molar-refractivity contribution in [2.75, 3.05) is 38.3 Å². The molecule has 184 valence electrons. The Balaban J connectivity index is 1.68. The minimum absolute atomic E-state index is 0.0374. The highest BCUT2D eigenvalue weighted by atomic mass is 16.5. The standard InChI is InChI=1S/C28H40N4O2/c1-34-21-28(33)32-15-9-4-2-3-8-14-31(19-23-10-6-5-7-11-23)20-25-16-24(12-13-27(25)32)26-17-29-22-30-18-26/h12-13,16-18,22-23H,2-11,14-15,19-21H2,1H3. The van der Waals surface area contributed by atoms with Gasteiger partial charge in [0.25, 0.3) is 5.91 Å². The van der Waals surface area contributed by atoms with E-state index in [2.05, 4.69) is 33.1 Å². The molecule has 1 aliphatic heterocycles. The molecule has 1 saturated carbocycles. The zero-order valence-corrected chi connectivity index (χ0v) is 20.8. The van der Waals surface area contributed by atoms with E-state index >= 15 is 0 Å². The van der Waals surface area contributed by atoms with Gasteiger partial charge in [-0.2, -0.15) is 0 Å². The number of benzene rings is 1. The van der Waals surface area contributed by atoms with Crippen LogP contribution in [0.5, 0.6) is 0 Å². The summed E-state index contributed by atoms with van der Waals surface area (Å²) in [6.45, 7) is 4.00. The molecular formula is C28H40N4O2. The quantitative estimate of drug-likeness (QED) is 0.587. The van der Waals surface area contributed by atoms with Gasteiger partial charge in [0, 0.05) is 50.4 Å². The lowest BCUT2D eigenvalue weighted by Gasteiger charge is -2.32. The van der Waals surface area contributed by atoms with Crippen LogP contribution in [-0.4, -0.2) is 54.1 Å². The lowest BCUT2D eigenvalue weighted by Crippen LogP contribution is -2.37. The molecular weight excluding hydrogens is 424 g/mol. The van der Waals surface area contributed by atoms with Crippen LogP contribution in [0.3, 0.4) is 0 Å². The van der Waals surface area contributed by atoms with E-state index < -0.39 is 0 Å². The van der Waals surface area contributed by atoms with Crippen LogP contribution < -0.4 is 4.90 Å². The van der Waals surface area contributed by atoms with E-state index in [1.54, 1.807) is 13.4 Å². The Morgan fingerprint density at radius 1 is 0.941 bits per heavy atom. The number of hydrogen-bond donors (Lipinski definition) is 0. The molecule has 1 amide bonds. The summed E-state index contributed by atoms with van der Waals surface area (Å²) in [4.78, 5) is 26.1. The molecule has 2 aromatic rings. The Morgan fingerprint density at radius 3 is 2.41 bits per heavy atom. The largest absolute Gasteiger partial charge is 0.375 e. The van der Waals surface area contributed by atoms with Crippen molar-refractivity contribution >= 4 is 11.6 Å². The van der Waals surface area contributed by atoms with Gasteiger partial charge in [0.05, 0.1) is 0 Å². The second kappa shape index (κ2) is 13.0. The van der Waals surface area contributed by atoms with Crippen LogP contribution >= 0.6 is 0 Å². The Bertz CT molecular complexity index is 899. The number of fused-ring (bicyclic) bond motifs is 1. The molecule has 0 N–H and O–H groups in total. The Kier molecular flexibility index (Phi) is 9.45. The van der Waals surface area contributed by atoms with Crippen molar-refractivity contribution in [3.8, 4) is 11.1 Å². The molecule has 6 heteroatoms. The number of hydrogen-bond acceptors (Lipinski definition) is 5. The summed E-state index contributed by atoms with van der Waals surface area (Å²) in [5, 5.41) is 0. The molecule has 0 radical (unpaired) electrons. The van der Waals surface area contributed by atoms with Gasteiger partial charge in [-0.3, -0.25) is 9.69 Å². The maximum atomic E-state index is 13.1.